The molecule has 2 fully saturated rings. The number of aromatic nitrogens is 3. The Hall–Kier alpha value is -3.15. The van der Waals surface area contributed by atoms with E-state index in [-0.39, 0.29) is 17.4 Å². The maximum atomic E-state index is 14.7. The molecule has 0 atom stereocenters. The third-order valence-electron chi connectivity index (χ3n) is 6.52. The number of hydrogen-bond donors (Lipinski definition) is 2. The number of benzene rings is 1. The van der Waals surface area contributed by atoms with Crippen LogP contribution in [0.25, 0.3) is 10.9 Å². The zero-order valence-electron chi connectivity index (χ0n) is 19.4. The summed E-state index contributed by atoms with van der Waals surface area (Å²) in [7, 11) is 0. The number of halogens is 1. The summed E-state index contributed by atoms with van der Waals surface area (Å²) in [5.41, 5.74) is 2.08. The van der Waals surface area contributed by atoms with Crippen molar-refractivity contribution in [1.82, 2.24) is 24.8 Å². The summed E-state index contributed by atoms with van der Waals surface area (Å²) in [4.78, 5) is 35.5. The standard InChI is InChI=1S/C24H27FN6O3S/c1-2-31-23(35)17-4-3-15(11-19(17)28-24(31)33)12-29-7-9-30(10-8-29)20-6-5-18(27-21(20)25)22(32)26-16-13-34-14-16/h3-6,11,16H,2,7-10,12-14H2,1H3,(H,26,32)(H,28,33). The van der Waals surface area contributed by atoms with E-state index in [4.69, 9.17) is 17.0 Å². The number of H-pyrrole nitrogens is 1. The number of nitrogens with one attached hydrogen (secondary N) is 2. The molecule has 184 valence electrons. The average molecular weight is 499 g/mol. The van der Waals surface area contributed by atoms with Crippen molar-refractivity contribution in [1.29, 1.82) is 0 Å². The second kappa shape index (κ2) is 9.84. The highest BCUT2D eigenvalue weighted by Crippen LogP contribution is 2.22. The first-order valence-electron chi connectivity index (χ1n) is 11.7. The summed E-state index contributed by atoms with van der Waals surface area (Å²) in [6.07, 6.45) is 0. The number of nitrogens with zero attached hydrogens (tertiary/aromatic N) is 4. The number of aromatic amines is 1. The molecular weight excluding hydrogens is 471 g/mol. The van der Waals surface area contributed by atoms with E-state index >= 15 is 0 Å². The number of pyridine rings is 1. The van der Waals surface area contributed by atoms with E-state index in [1.165, 1.54) is 0 Å². The van der Waals surface area contributed by atoms with E-state index in [1.807, 2.05) is 30.0 Å². The maximum absolute atomic E-state index is 14.7. The van der Waals surface area contributed by atoms with E-state index in [1.54, 1.807) is 16.7 Å². The number of rotatable bonds is 6. The molecule has 9 nitrogen and oxygen atoms in total. The van der Waals surface area contributed by atoms with Crippen LogP contribution in [0, 0.1) is 10.6 Å². The molecule has 1 aromatic carbocycles. The van der Waals surface area contributed by atoms with Gasteiger partial charge >= 0.3 is 5.69 Å². The average Bonchev–Trinajstić information content (AvgIpc) is 2.82. The minimum absolute atomic E-state index is 0.0332. The number of carbonyl (C=O) groups is 1. The molecule has 0 unspecified atom stereocenters. The van der Waals surface area contributed by atoms with Crippen LogP contribution in [0.2, 0.25) is 0 Å². The Morgan fingerprint density at radius 2 is 2.00 bits per heavy atom. The lowest BCUT2D eigenvalue weighted by Gasteiger charge is -2.36. The molecule has 35 heavy (non-hydrogen) atoms. The Labute approximate surface area is 206 Å². The van der Waals surface area contributed by atoms with Gasteiger partial charge in [-0.25, -0.2) is 9.78 Å². The fraction of sp³-hybridized carbons (Fsp3) is 0.417. The summed E-state index contributed by atoms with van der Waals surface area (Å²) in [5, 5.41) is 3.63. The molecular formula is C24H27FN6O3S. The topological polar surface area (TPSA) is 95.5 Å². The summed E-state index contributed by atoms with van der Waals surface area (Å²) < 4.78 is 21.9. The van der Waals surface area contributed by atoms with Crippen molar-refractivity contribution >= 4 is 34.7 Å². The number of hydrogen-bond acceptors (Lipinski definition) is 7. The lowest BCUT2D eigenvalue weighted by molar-refractivity contribution is -0.00356. The van der Waals surface area contributed by atoms with Gasteiger partial charge in [-0.15, -0.1) is 0 Å². The molecule has 4 heterocycles. The molecule has 1 amide bonds. The number of ether oxygens (including phenoxy) is 1. The van der Waals surface area contributed by atoms with E-state index in [2.05, 4.69) is 20.2 Å². The van der Waals surface area contributed by atoms with Crippen LogP contribution >= 0.6 is 12.2 Å². The molecule has 3 aromatic rings. The molecule has 2 aromatic heterocycles. The normalized spacial score (nSPS) is 16.9. The number of piperazine rings is 1. The third-order valence-corrected chi connectivity index (χ3v) is 6.96. The van der Waals surface area contributed by atoms with Gasteiger partial charge < -0.3 is 19.9 Å². The summed E-state index contributed by atoms with van der Waals surface area (Å²) in [5.74, 6) is -1.03. The lowest BCUT2D eigenvalue weighted by atomic mass is 10.1. The van der Waals surface area contributed by atoms with Crippen molar-refractivity contribution in [2.45, 2.75) is 26.1 Å². The van der Waals surface area contributed by atoms with Crippen molar-refractivity contribution < 1.29 is 13.9 Å². The van der Waals surface area contributed by atoms with Gasteiger partial charge in [0.1, 0.15) is 10.3 Å². The van der Waals surface area contributed by atoms with Crippen molar-refractivity contribution in [3.8, 4) is 0 Å². The van der Waals surface area contributed by atoms with Gasteiger partial charge in [-0.05, 0) is 36.8 Å². The van der Waals surface area contributed by atoms with Crippen LogP contribution in [-0.4, -0.2) is 70.8 Å². The zero-order valence-corrected chi connectivity index (χ0v) is 20.2. The first kappa shape index (κ1) is 23.6. The molecule has 0 bridgehead atoms. The molecule has 2 aliphatic rings. The van der Waals surface area contributed by atoms with Gasteiger partial charge in [-0.3, -0.25) is 14.3 Å². The van der Waals surface area contributed by atoms with Crippen molar-refractivity contribution in [3.05, 3.63) is 62.7 Å². The van der Waals surface area contributed by atoms with Gasteiger partial charge in [0.25, 0.3) is 5.91 Å². The van der Waals surface area contributed by atoms with Gasteiger partial charge in [0.2, 0.25) is 5.95 Å². The van der Waals surface area contributed by atoms with Crippen LogP contribution in [0.5, 0.6) is 0 Å². The zero-order chi connectivity index (χ0) is 24.5. The Kier molecular flexibility index (Phi) is 6.63. The van der Waals surface area contributed by atoms with E-state index in [9.17, 15) is 14.0 Å². The predicted molar refractivity (Wildman–Crippen MR) is 133 cm³/mol. The van der Waals surface area contributed by atoms with Crippen LogP contribution in [-0.2, 0) is 17.8 Å². The van der Waals surface area contributed by atoms with E-state index < -0.39 is 11.9 Å². The number of anilines is 1. The van der Waals surface area contributed by atoms with E-state index in [0.29, 0.717) is 49.7 Å². The molecule has 0 spiro atoms. The quantitative estimate of drug-likeness (QED) is 0.397. The Balaban J connectivity index is 1.22. The highest BCUT2D eigenvalue weighted by Gasteiger charge is 2.24. The van der Waals surface area contributed by atoms with Gasteiger partial charge in [0.15, 0.2) is 0 Å². The van der Waals surface area contributed by atoms with Gasteiger partial charge in [0, 0.05) is 44.7 Å². The van der Waals surface area contributed by atoms with Crippen molar-refractivity contribution in [2.75, 3.05) is 44.3 Å². The van der Waals surface area contributed by atoms with Crippen LogP contribution in [0.4, 0.5) is 10.1 Å². The maximum Gasteiger partial charge on any atom is 0.326 e. The molecule has 5 rings (SSSR count). The fourth-order valence-electron chi connectivity index (χ4n) is 4.46. The molecule has 0 radical (unpaired) electrons. The molecule has 0 aliphatic carbocycles. The molecule has 0 saturated carbocycles. The minimum Gasteiger partial charge on any atom is -0.377 e. The molecule has 2 saturated heterocycles. The monoisotopic (exact) mass is 498 g/mol. The summed E-state index contributed by atoms with van der Waals surface area (Å²) in [6.45, 7) is 6.85. The Morgan fingerprint density at radius 3 is 2.66 bits per heavy atom. The third kappa shape index (κ3) is 4.84. The van der Waals surface area contributed by atoms with Crippen LogP contribution < -0.4 is 15.9 Å². The Bertz CT molecular complexity index is 1380. The predicted octanol–water partition coefficient (Wildman–Crippen LogP) is 2.06. The minimum atomic E-state index is -0.640. The second-order valence-electron chi connectivity index (χ2n) is 8.84. The molecule has 2 aliphatic heterocycles. The SMILES string of the molecule is CCn1c(=O)[nH]c2cc(CN3CCN(c4ccc(C(=O)NC5COC5)nc4F)CC3)ccc2c1=S. The number of amides is 1. The van der Waals surface area contributed by atoms with Crippen molar-refractivity contribution in [2.24, 2.45) is 0 Å². The van der Waals surface area contributed by atoms with Crippen LogP contribution in [0.15, 0.2) is 35.1 Å². The second-order valence-corrected chi connectivity index (χ2v) is 9.22. The smallest absolute Gasteiger partial charge is 0.326 e. The van der Waals surface area contributed by atoms with Gasteiger partial charge in [-0.1, -0.05) is 18.3 Å². The first-order chi connectivity index (χ1) is 16.9. The van der Waals surface area contributed by atoms with Crippen molar-refractivity contribution in [3.63, 3.8) is 0 Å². The van der Waals surface area contributed by atoms with Crippen LogP contribution in [0.3, 0.4) is 0 Å². The first-order valence-corrected chi connectivity index (χ1v) is 12.1. The fourth-order valence-corrected chi connectivity index (χ4v) is 4.85. The van der Waals surface area contributed by atoms with E-state index in [0.717, 1.165) is 29.6 Å². The molecule has 11 heteroatoms. The van der Waals surface area contributed by atoms with Gasteiger partial charge in [0.05, 0.1) is 30.5 Å². The highest BCUT2D eigenvalue weighted by molar-refractivity contribution is 7.71. The summed E-state index contributed by atoms with van der Waals surface area (Å²) >= 11 is 5.47. The van der Waals surface area contributed by atoms with Gasteiger partial charge in [-0.2, -0.15) is 4.39 Å². The summed E-state index contributed by atoms with van der Waals surface area (Å²) in [6, 6.07) is 9.12. The highest BCUT2D eigenvalue weighted by atomic mass is 32.1. The van der Waals surface area contributed by atoms with Crippen LogP contribution in [0.1, 0.15) is 23.0 Å². The molecule has 2 N–H and O–H groups in total. The number of carbonyl (C=O) groups excluding carboxylic acids is 1. The Morgan fingerprint density at radius 1 is 1.23 bits per heavy atom. The number of fused-ring (bicyclic) bond motifs is 1. The lowest BCUT2D eigenvalue weighted by Crippen LogP contribution is -2.48. The largest absolute Gasteiger partial charge is 0.377 e.